The van der Waals surface area contributed by atoms with Gasteiger partial charge in [-0.15, -0.1) is 0 Å². The van der Waals surface area contributed by atoms with E-state index in [1.54, 1.807) is 25.4 Å². The lowest BCUT2D eigenvalue weighted by Gasteiger charge is -2.27. The Kier molecular flexibility index (Phi) is 5.00. The number of rotatable bonds is 5. The van der Waals surface area contributed by atoms with Gasteiger partial charge in [-0.3, -0.25) is 4.79 Å². The standard InChI is InChI=1S/C21H23FN6O/c1-13(21(29)24-15-7-4-6-14(22)10-15)28(3)20-16-8-5-9-17(16)25-19(26-20)18-11-27(2)12-23-18/h4,6-7,10-13H,5,8-9H2,1-3H3,(H,24,29)/t13-/m1/s1. The van der Waals surface area contributed by atoms with Crippen LogP contribution < -0.4 is 10.2 Å². The van der Waals surface area contributed by atoms with Crippen molar-refractivity contribution in [3.63, 3.8) is 0 Å². The van der Waals surface area contributed by atoms with E-state index >= 15 is 0 Å². The molecular weight excluding hydrogens is 371 g/mol. The van der Waals surface area contributed by atoms with Crippen LogP contribution in [0.5, 0.6) is 0 Å². The first kappa shape index (κ1) is 19.0. The topological polar surface area (TPSA) is 75.9 Å². The van der Waals surface area contributed by atoms with Crippen LogP contribution in [0.3, 0.4) is 0 Å². The molecule has 3 aromatic rings. The summed E-state index contributed by atoms with van der Waals surface area (Å²) in [4.78, 5) is 28.4. The van der Waals surface area contributed by atoms with Gasteiger partial charge in [-0.05, 0) is 44.4 Å². The van der Waals surface area contributed by atoms with E-state index in [1.807, 2.05) is 29.8 Å². The van der Waals surface area contributed by atoms with Gasteiger partial charge in [-0.25, -0.2) is 19.3 Å². The first-order chi connectivity index (χ1) is 13.9. The molecule has 0 unspecified atom stereocenters. The van der Waals surface area contributed by atoms with Gasteiger partial charge in [0.2, 0.25) is 5.91 Å². The minimum atomic E-state index is -0.505. The van der Waals surface area contributed by atoms with Crippen molar-refractivity contribution in [2.75, 3.05) is 17.3 Å². The molecule has 7 nitrogen and oxygen atoms in total. The summed E-state index contributed by atoms with van der Waals surface area (Å²) in [6.45, 7) is 1.80. The maximum Gasteiger partial charge on any atom is 0.246 e. The Morgan fingerprint density at radius 1 is 1.31 bits per heavy atom. The normalized spacial score (nSPS) is 13.8. The van der Waals surface area contributed by atoms with E-state index in [-0.39, 0.29) is 5.91 Å². The van der Waals surface area contributed by atoms with Crippen LogP contribution in [0, 0.1) is 5.82 Å². The number of carbonyl (C=O) groups is 1. The van der Waals surface area contributed by atoms with E-state index in [2.05, 4.69) is 10.3 Å². The summed E-state index contributed by atoms with van der Waals surface area (Å²) in [6, 6.07) is 5.36. The smallest absolute Gasteiger partial charge is 0.246 e. The molecule has 1 aliphatic rings. The number of fused-ring (bicyclic) bond motifs is 1. The van der Waals surface area contributed by atoms with Crippen LogP contribution in [0.2, 0.25) is 0 Å². The number of aryl methyl sites for hydroxylation is 2. The molecule has 0 saturated carbocycles. The summed E-state index contributed by atoms with van der Waals surface area (Å²) in [7, 11) is 3.74. The predicted molar refractivity (Wildman–Crippen MR) is 109 cm³/mol. The zero-order valence-corrected chi connectivity index (χ0v) is 16.7. The Balaban J connectivity index is 1.62. The molecule has 1 atom stereocenters. The lowest BCUT2D eigenvalue weighted by atomic mass is 10.2. The second kappa shape index (κ2) is 7.62. The monoisotopic (exact) mass is 394 g/mol. The average Bonchev–Trinajstić information content (AvgIpc) is 3.34. The first-order valence-electron chi connectivity index (χ1n) is 9.60. The van der Waals surface area contributed by atoms with Crippen LogP contribution in [0.1, 0.15) is 24.6 Å². The predicted octanol–water partition coefficient (Wildman–Crippen LogP) is 2.97. The van der Waals surface area contributed by atoms with Gasteiger partial charge in [-0.2, -0.15) is 0 Å². The maximum absolute atomic E-state index is 13.4. The lowest BCUT2D eigenvalue weighted by Crippen LogP contribution is -2.40. The van der Waals surface area contributed by atoms with Gasteiger partial charge in [0, 0.05) is 37.2 Å². The van der Waals surface area contributed by atoms with Crippen molar-refractivity contribution in [3.8, 4) is 11.5 Å². The van der Waals surface area contributed by atoms with Gasteiger partial charge < -0.3 is 14.8 Å². The molecule has 2 aromatic heterocycles. The highest BCUT2D eigenvalue weighted by atomic mass is 19.1. The number of nitrogens with zero attached hydrogens (tertiary/aromatic N) is 5. The molecule has 4 rings (SSSR count). The molecule has 1 N–H and O–H groups in total. The van der Waals surface area contributed by atoms with E-state index in [4.69, 9.17) is 9.97 Å². The van der Waals surface area contributed by atoms with Crippen LogP contribution in [-0.2, 0) is 24.7 Å². The van der Waals surface area contributed by atoms with Crippen molar-refractivity contribution < 1.29 is 9.18 Å². The molecule has 1 amide bonds. The molecule has 0 aliphatic heterocycles. The number of halogens is 1. The Labute approximate surface area is 168 Å². The van der Waals surface area contributed by atoms with E-state index in [1.165, 1.54) is 12.1 Å². The van der Waals surface area contributed by atoms with Gasteiger partial charge in [0.15, 0.2) is 5.82 Å². The summed E-state index contributed by atoms with van der Waals surface area (Å²) < 4.78 is 15.3. The molecule has 150 valence electrons. The average molecular weight is 394 g/mol. The molecule has 1 aliphatic carbocycles. The number of nitrogens with one attached hydrogen (secondary N) is 1. The zero-order chi connectivity index (χ0) is 20.5. The van der Waals surface area contributed by atoms with Crippen LogP contribution in [0.4, 0.5) is 15.9 Å². The SMILES string of the molecule is C[C@H](C(=O)Nc1cccc(F)c1)N(C)c1nc(-c2cn(C)cn2)nc2c1CCC2. The first-order valence-corrected chi connectivity index (χ1v) is 9.60. The number of hydrogen-bond donors (Lipinski definition) is 1. The Bertz CT molecular complexity index is 1060. The van der Waals surface area contributed by atoms with Crippen LogP contribution >= 0.6 is 0 Å². The molecule has 0 bridgehead atoms. The third-order valence-corrected chi connectivity index (χ3v) is 5.23. The number of carbonyl (C=O) groups excluding carboxylic acids is 1. The summed E-state index contributed by atoms with van der Waals surface area (Å²) in [5.74, 6) is 0.682. The van der Waals surface area contributed by atoms with E-state index < -0.39 is 11.9 Å². The highest BCUT2D eigenvalue weighted by Gasteiger charge is 2.27. The van der Waals surface area contributed by atoms with Crippen molar-refractivity contribution in [2.45, 2.75) is 32.2 Å². The van der Waals surface area contributed by atoms with E-state index in [0.29, 0.717) is 17.2 Å². The van der Waals surface area contributed by atoms with E-state index in [9.17, 15) is 9.18 Å². The number of aromatic nitrogens is 4. The quantitative estimate of drug-likeness (QED) is 0.720. The number of anilines is 2. The van der Waals surface area contributed by atoms with Crippen molar-refractivity contribution in [2.24, 2.45) is 7.05 Å². The summed E-state index contributed by atoms with van der Waals surface area (Å²) >= 11 is 0. The number of amides is 1. The van der Waals surface area contributed by atoms with E-state index in [0.717, 1.165) is 36.3 Å². The van der Waals surface area contributed by atoms with Crippen LogP contribution in [0.15, 0.2) is 36.8 Å². The van der Waals surface area contributed by atoms with Crippen LogP contribution in [0.25, 0.3) is 11.5 Å². The number of imidazole rings is 1. The molecule has 0 fully saturated rings. The molecule has 1 aromatic carbocycles. The number of hydrogen-bond acceptors (Lipinski definition) is 5. The van der Waals surface area contributed by atoms with Crippen molar-refractivity contribution >= 4 is 17.4 Å². The van der Waals surface area contributed by atoms with Gasteiger partial charge in [0.05, 0.1) is 6.33 Å². The summed E-state index contributed by atoms with van der Waals surface area (Å²) in [6.07, 6.45) is 6.38. The lowest BCUT2D eigenvalue weighted by molar-refractivity contribution is -0.117. The second-order valence-corrected chi connectivity index (χ2v) is 7.36. The fourth-order valence-corrected chi connectivity index (χ4v) is 3.52. The molecule has 0 saturated heterocycles. The van der Waals surface area contributed by atoms with Crippen molar-refractivity contribution in [1.29, 1.82) is 0 Å². The van der Waals surface area contributed by atoms with Gasteiger partial charge in [0.1, 0.15) is 23.4 Å². The third kappa shape index (κ3) is 3.83. The van der Waals surface area contributed by atoms with Gasteiger partial charge in [-0.1, -0.05) is 6.07 Å². The Morgan fingerprint density at radius 3 is 2.86 bits per heavy atom. The highest BCUT2D eigenvalue weighted by molar-refractivity contribution is 5.96. The molecule has 29 heavy (non-hydrogen) atoms. The zero-order valence-electron chi connectivity index (χ0n) is 16.7. The highest BCUT2D eigenvalue weighted by Crippen LogP contribution is 2.31. The third-order valence-electron chi connectivity index (χ3n) is 5.23. The fourth-order valence-electron chi connectivity index (χ4n) is 3.52. The minimum absolute atomic E-state index is 0.233. The maximum atomic E-state index is 13.4. The molecule has 2 heterocycles. The Hall–Kier alpha value is -3.29. The minimum Gasteiger partial charge on any atom is -0.348 e. The molecule has 8 heteroatoms. The number of likely N-dealkylation sites (N-methyl/N-ethyl adjacent to an activating group) is 1. The number of benzene rings is 1. The molecule has 0 radical (unpaired) electrons. The molecule has 0 spiro atoms. The summed E-state index contributed by atoms with van der Waals surface area (Å²) in [5.41, 5.74) is 3.23. The van der Waals surface area contributed by atoms with Crippen molar-refractivity contribution in [3.05, 3.63) is 53.9 Å². The van der Waals surface area contributed by atoms with Crippen LogP contribution in [-0.4, -0.2) is 38.5 Å². The van der Waals surface area contributed by atoms with Gasteiger partial charge in [0.25, 0.3) is 0 Å². The molecular formula is C21H23FN6O. The second-order valence-electron chi connectivity index (χ2n) is 7.36. The Morgan fingerprint density at radius 2 is 2.14 bits per heavy atom. The fraction of sp³-hybridized carbons (Fsp3) is 0.333. The largest absolute Gasteiger partial charge is 0.348 e. The summed E-state index contributed by atoms with van der Waals surface area (Å²) in [5, 5.41) is 2.77. The van der Waals surface area contributed by atoms with Crippen molar-refractivity contribution in [1.82, 2.24) is 19.5 Å². The van der Waals surface area contributed by atoms with Gasteiger partial charge >= 0.3 is 0 Å².